The number of nitrogens with zero attached hydrogens (tertiary/aromatic N) is 1. The summed E-state index contributed by atoms with van der Waals surface area (Å²) in [4.78, 5) is 0. The van der Waals surface area contributed by atoms with E-state index in [2.05, 4.69) is 194 Å². The molecule has 244 valence electrons. The third-order valence-electron chi connectivity index (χ3n) is 11.7. The monoisotopic (exact) mass is 661 g/mol. The van der Waals surface area contributed by atoms with E-state index < -0.39 is 0 Å². The summed E-state index contributed by atoms with van der Waals surface area (Å²) in [6, 6.07) is 65.5. The highest BCUT2D eigenvalue weighted by Crippen LogP contribution is 2.52. The molecule has 11 rings (SSSR count). The Kier molecular flexibility index (Phi) is 6.08. The molecular weight excluding hydrogens is 627 g/mol. The Labute approximate surface area is 303 Å². The first-order valence-corrected chi connectivity index (χ1v) is 18.3. The zero-order valence-electron chi connectivity index (χ0n) is 29.2. The molecule has 0 N–H and O–H groups in total. The van der Waals surface area contributed by atoms with Crippen LogP contribution in [0.1, 0.15) is 25.0 Å². The van der Waals surface area contributed by atoms with Gasteiger partial charge in [-0.05, 0) is 125 Å². The largest absolute Gasteiger partial charge is 0.309 e. The number of fused-ring (bicyclic) bond motifs is 10. The number of rotatable bonds is 3. The van der Waals surface area contributed by atoms with Crippen molar-refractivity contribution in [2.45, 2.75) is 19.3 Å². The van der Waals surface area contributed by atoms with Crippen LogP contribution in [0, 0.1) is 0 Å². The molecule has 10 aromatic rings. The highest BCUT2D eigenvalue weighted by atomic mass is 15.0. The van der Waals surface area contributed by atoms with E-state index in [1.165, 1.54) is 104 Å². The first kappa shape index (κ1) is 29.3. The Bertz CT molecular complexity index is 3100. The molecule has 0 atom stereocenters. The smallest absolute Gasteiger partial charge is 0.0541 e. The fourth-order valence-electron chi connectivity index (χ4n) is 9.12. The van der Waals surface area contributed by atoms with Gasteiger partial charge in [-0.1, -0.05) is 141 Å². The Morgan fingerprint density at radius 3 is 1.65 bits per heavy atom. The molecule has 0 fully saturated rings. The van der Waals surface area contributed by atoms with Crippen LogP contribution in [0.4, 0.5) is 0 Å². The molecule has 0 radical (unpaired) electrons. The van der Waals surface area contributed by atoms with E-state index in [1.807, 2.05) is 0 Å². The zero-order valence-corrected chi connectivity index (χ0v) is 29.2. The third kappa shape index (κ3) is 4.23. The number of para-hydroxylation sites is 1. The maximum Gasteiger partial charge on any atom is 0.0541 e. The normalized spacial score (nSPS) is 13.3. The number of aromatic nitrogens is 1. The van der Waals surface area contributed by atoms with Gasteiger partial charge in [0.15, 0.2) is 0 Å². The number of hydrogen-bond acceptors (Lipinski definition) is 0. The van der Waals surface area contributed by atoms with Crippen LogP contribution in [0.3, 0.4) is 0 Å². The molecular formula is C51H35N. The molecule has 0 spiro atoms. The van der Waals surface area contributed by atoms with Crippen LogP contribution in [0.2, 0.25) is 0 Å². The molecule has 0 saturated carbocycles. The minimum atomic E-state index is -0.161. The molecule has 0 aliphatic heterocycles. The second-order valence-corrected chi connectivity index (χ2v) is 15.0. The molecule has 0 unspecified atom stereocenters. The van der Waals surface area contributed by atoms with E-state index >= 15 is 0 Å². The standard InChI is InChI=1S/C51H35N/c1-51(2)47-30-40(38-18-16-33-10-4-6-12-36(33)28-38)21-24-42(47)44-25-20-34-19-23-41(31-45(34)50(44)51)52-48-14-8-7-13-43(48)46-29-39(22-26-49(46)52)37-17-15-32-9-3-5-11-35(32)27-37/h3-31H,1-2H3. The van der Waals surface area contributed by atoms with Gasteiger partial charge in [0.1, 0.15) is 0 Å². The molecule has 0 bridgehead atoms. The van der Waals surface area contributed by atoms with Crippen LogP contribution < -0.4 is 0 Å². The zero-order chi connectivity index (χ0) is 34.6. The van der Waals surface area contributed by atoms with Gasteiger partial charge >= 0.3 is 0 Å². The fourth-order valence-corrected chi connectivity index (χ4v) is 9.12. The first-order chi connectivity index (χ1) is 25.5. The Hall–Kier alpha value is -6.44. The van der Waals surface area contributed by atoms with Crippen LogP contribution >= 0.6 is 0 Å². The maximum atomic E-state index is 2.46. The average Bonchev–Trinajstić information content (AvgIpc) is 3.65. The molecule has 1 aromatic heterocycles. The summed E-state index contributed by atoms with van der Waals surface area (Å²) in [6.07, 6.45) is 0. The van der Waals surface area contributed by atoms with Crippen LogP contribution in [0.15, 0.2) is 176 Å². The lowest BCUT2D eigenvalue weighted by molar-refractivity contribution is 0.666. The SMILES string of the molecule is CC1(C)c2cc(-c3ccc4ccccc4c3)ccc2-c2ccc3ccc(-n4c5ccccc5c5cc(-c6ccc7ccccc7c6)ccc54)cc3c21. The Morgan fingerprint density at radius 2 is 0.904 bits per heavy atom. The van der Waals surface area contributed by atoms with Crippen molar-refractivity contribution in [3.8, 4) is 39.1 Å². The number of hydrogen-bond donors (Lipinski definition) is 0. The van der Waals surface area contributed by atoms with Crippen molar-refractivity contribution in [1.82, 2.24) is 4.57 Å². The predicted octanol–water partition coefficient (Wildman–Crippen LogP) is 13.9. The van der Waals surface area contributed by atoms with E-state index in [-0.39, 0.29) is 5.41 Å². The summed E-state index contributed by atoms with van der Waals surface area (Å²) in [6.45, 7) is 4.81. The van der Waals surface area contributed by atoms with Crippen molar-refractivity contribution >= 4 is 54.1 Å². The van der Waals surface area contributed by atoms with Gasteiger partial charge in [-0.2, -0.15) is 0 Å². The summed E-state index contributed by atoms with van der Waals surface area (Å²) < 4.78 is 2.46. The van der Waals surface area contributed by atoms with E-state index in [1.54, 1.807) is 0 Å². The Balaban J connectivity index is 1.06. The fraction of sp³-hybridized carbons (Fsp3) is 0.0588. The highest BCUT2D eigenvalue weighted by Gasteiger charge is 2.37. The molecule has 1 heteroatoms. The minimum absolute atomic E-state index is 0.161. The molecule has 0 saturated heterocycles. The molecule has 0 amide bonds. The van der Waals surface area contributed by atoms with Crippen molar-refractivity contribution in [1.29, 1.82) is 0 Å². The maximum absolute atomic E-state index is 2.46. The van der Waals surface area contributed by atoms with Crippen molar-refractivity contribution in [3.63, 3.8) is 0 Å². The van der Waals surface area contributed by atoms with Crippen LogP contribution in [-0.2, 0) is 5.41 Å². The van der Waals surface area contributed by atoms with Crippen molar-refractivity contribution in [2.24, 2.45) is 0 Å². The predicted molar refractivity (Wildman–Crippen MR) is 222 cm³/mol. The van der Waals surface area contributed by atoms with Crippen molar-refractivity contribution in [2.75, 3.05) is 0 Å². The quantitative estimate of drug-likeness (QED) is 0.178. The van der Waals surface area contributed by atoms with Crippen LogP contribution in [0.25, 0.3) is 93.2 Å². The summed E-state index contributed by atoms with van der Waals surface area (Å²) in [7, 11) is 0. The summed E-state index contributed by atoms with van der Waals surface area (Å²) in [5, 5.41) is 10.2. The van der Waals surface area contributed by atoms with Gasteiger partial charge < -0.3 is 4.57 Å². The molecule has 9 aromatic carbocycles. The average molecular weight is 662 g/mol. The Morgan fingerprint density at radius 1 is 0.365 bits per heavy atom. The topological polar surface area (TPSA) is 4.93 Å². The first-order valence-electron chi connectivity index (χ1n) is 18.3. The van der Waals surface area contributed by atoms with Gasteiger partial charge in [0.25, 0.3) is 0 Å². The van der Waals surface area contributed by atoms with Crippen molar-refractivity contribution < 1.29 is 0 Å². The minimum Gasteiger partial charge on any atom is -0.309 e. The van der Waals surface area contributed by atoms with Crippen LogP contribution in [0.5, 0.6) is 0 Å². The van der Waals surface area contributed by atoms with Gasteiger partial charge in [-0.3, -0.25) is 0 Å². The van der Waals surface area contributed by atoms with Gasteiger partial charge in [0.05, 0.1) is 11.0 Å². The van der Waals surface area contributed by atoms with E-state index in [9.17, 15) is 0 Å². The summed E-state index contributed by atoms with van der Waals surface area (Å²) in [5.41, 5.74) is 14.0. The van der Waals surface area contributed by atoms with Crippen molar-refractivity contribution in [3.05, 3.63) is 187 Å². The van der Waals surface area contributed by atoms with Gasteiger partial charge in [0.2, 0.25) is 0 Å². The van der Waals surface area contributed by atoms with E-state index in [0.717, 1.165) is 0 Å². The summed E-state index contributed by atoms with van der Waals surface area (Å²) in [5.74, 6) is 0. The second-order valence-electron chi connectivity index (χ2n) is 15.0. The molecule has 1 heterocycles. The van der Waals surface area contributed by atoms with Gasteiger partial charge in [-0.25, -0.2) is 0 Å². The van der Waals surface area contributed by atoms with Gasteiger partial charge in [-0.15, -0.1) is 0 Å². The summed E-state index contributed by atoms with van der Waals surface area (Å²) >= 11 is 0. The number of benzene rings is 9. The second kappa shape index (κ2) is 10.8. The molecule has 1 aliphatic rings. The molecule has 1 nitrogen and oxygen atoms in total. The lowest BCUT2D eigenvalue weighted by Gasteiger charge is -2.24. The highest BCUT2D eigenvalue weighted by molar-refractivity contribution is 6.11. The van der Waals surface area contributed by atoms with Gasteiger partial charge in [0, 0.05) is 21.9 Å². The lowest BCUT2D eigenvalue weighted by Crippen LogP contribution is -2.15. The molecule has 1 aliphatic carbocycles. The van der Waals surface area contributed by atoms with Crippen LogP contribution in [-0.4, -0.2) is 4.57 Å². The molecule has 52 heavy (non-hydrogen) atoms. The lowest BCUT2D eigenvalue weighted by atomic mass is 9.79. The van der Waals surface area contributed by atoms with E-state index in [0.29, 0.717) is 0 Å². The third-order valence-corrected chi connectivity index (χ3v) is 11.7. The van der Waals surface area contributed by atoms with E-state index in [4.69, 9.17) is 0 Å².